The van der Waals surface area contributed by atoms with Gasteiger partial charge >= 0.3 is 0 Å². The van der Waals surface area contributed by atoms with E-state index in [1.54, 1.807) is 0 Å². The number of aromatic nitrogens is 4. The summed E-state index contributed by atoms with van der Waals surface area (Å²) in [6.45, 7) is 0. The molecule has 0 atom stereocenters. The van der Waals surface area contributed by atoms with Crippen molar-refractivity contribution in [2.75, 3.05) is 0 Å². The van der Waals surface area contributed by atoms with Crippen LogP contribution in [-0.2, 0) is 0 Å². The molecule has 10 aromatic rings. The lowest BCUT2D eigenvalue weighted by Crippen LogP contribution is -1.95. The van der Waals surface area contributed by atoms with Crippen molar-refractivity contribution in [1.29, 1.82) is 0 Å². The first kappa shape index (κ1) is 28.3. The molecule has 0 bridgehead atoms. The third kappa shape index (κ3) is 4.54. The van der Waals surface area contributed by atoms with Gasteiger partial charge in [0.05, 0.1) is 33.1 Å². The summed E-state index contributed by atoms with van der Waals surface area (Å²) >= 11 is 0. The van der Waals surface area contributed by atoms with Gasteiger partial charge in [-0.05, 0) is 106 Å². The zero-order valence-electron chi connectivity index (χ0n) is 27.1. The van der Waals surface area contributed by atoms with Crippen molar-refractivity contribution in [3.8, 4) is 44.8 Å². The second-order valence-corrected chi connectivity index (χ2v) is 12.7. The van der Waals surface area contributed by atoms with Gasteiger partial charge in [0.15, 0.2) is 0 Å². The standard InChI is InChI=1S/C46H30N4/c1-3-9-31(10-4-1)35-19-25-41-39(29-35)45-43(13-7-27-47-45)49(41)37-21-15-33(16-22-37)34-17-23-38(24-18-34)50-42-26-20-36(32-11-5-2-6-12-32)30-40(42)46-44(50)14-8-28-48-46/h1-30H. The Bertz CT molecular complexity index is 2630. The van der Waals surface area contributed by atoms with Crippen molar-refractivity contribution in [1.82, 2.24) is 19.1 Å². The van der Waals surface area contributed by atoms with Crippen LogP contribution in [0.5, 0.6) is 0 Å². The molecule has 0 saturated heterocycles. The first-order valence-electron chi connectivity index (χ1n) is 16.9. The van der Waals surface area contributed by atoms with Crippen LogP contribution in [0, 0.1) is 0 Å². The van der Waals surface area contributed by atoms with Gasteiger partial charge in [-0.15, -0.1) is 0 Å². The van der Waals surface area contributed by atoms with E-state index in [2.05, 4.69) is 167 Å². The lowest BCUT2D eigenvalue weighted by atomic mass is 10.0. The lowest BCUT2D eigenvalue weighted by molar-refractivity contribution is 1.17. The number of rotatable bonds is 5. The SMILES string of the molecule is c1ccc(-c2ccc3c(c2)c2ncccc2n3-c2ccc(-c3ccc(-n4c5ccc(-c6ccccc6)cc5c5ncccc54)cc3)cc2)cc1. The number of hydrogen-bond donors (Lipinski definition) is 0. The average Bonchev–Trinajstić information content (AvgIpc) is 3.71. The van der Waals surface area contributed by atoms with Gasteiger partial charge in [0.2, 0.25) is 0 Å². The van der Waals surface area contributed by atoms with Crippen LogP contribution >= 0.6 is 0 Å². The van der Waals surface area contributed by atoms with E-state index in [1.807, 2.05) is 24.5 Å². The minimum atomic E-state index is 1.01. The van der Waals surface area contributed by atoms with Crippen LogP contribution in [-0.4, -0.2) is 19.1 Å². The van der Waals surface area contributed by atoms with Gasteiger partial charge in [-0.2, -0.15) is 0 Å². The topological polar surface area (TPSA) is 35.6 Å². The minimum absolute atomic E-state index is 1.01. The molecule has 0 aliphatic heterocycles. The summed E-state index contributed by atoms with van der Waals surface area (Å²) in [7, 11) is 0. The van der Waals surface area contributed by atoms with Gasteiger partial charge in [-0.3, -0.25) is 9.97 Å². The highest BCUT2D eigenvalue weighted by Crippen LogP contribution is 2.36. The second kappa shape index (κ2) is 11.4. The van der Waals surface area contributed by atoms with E-state index in [4.69, 9.17) is 9.97 Å². The zero-order chi connectivity index (χ0) is 33.0. The normalized spacial score (nSPS) is 11.6. The predicted octanol–water partition coefficient (Wildman–Crippen LogP) is 11.7. The molecule has 6 aromatic carbocycles. The van der Waals surface area contributed by atoms with E-state index in [-0.39, 0.29) is 0 Å². The van der Waals surface area contributed by atoms with Crippen LogP contribution in [0.15, 0.2) is 182 Å². The molecule has 0 aliphatic carbocycles. The number of hydrogen-bond acceptors (Lipinski definition) is 2. The summed E-state index contributed by atoms with van der Waals surface area (Å²) in [5, 5.41) is 2.30. The first-order chi connectivity index (χ1) is 24.8. The highest BCUT2D eigenvalue weighted by Gasteiger charge is 2.16. The van der Waals surface area contributed by atoms with Crippen molar-refractivity contribution >= 4 is 43.9 Å². The molecule has 0 spiro atoms. The molecular formula is C46H30N4. The van der Waals surface area contributed by atoms with Crippen LogP contribution in [0.25, 0.3) is 88.6 Å². The fraction of sp³-hybridized carbons (Fsp3) is 0. The van der Waals surface area contributed by atoms with E-state index in [0.717, 1.165) is 55.2 Å². The van der Waals surface area contributed by atoms with Crippen molar-refractivity contribution in [2.24, 2.45) is 0 Å². The number of nitrogens with zero attached hydrogens (tertiary/aromatic N) is 4. The molecule has 0 N–H and O–H groups in total. The maximum Gasteiger partial charge on any atom is 0.0963 e. The van der Waals surface area contributed by atoms with Crippen molar-refractivity contribution < 1.29 is 0 Å². The summed E-state index contributed by atoms with van der Waals surface area (Å²) in [6.07, 6.45) is 3.76. The summed E-state index contributed by atoms with van der Waals surface area (Å²) in [6, 6.07) is 60.5. The average molecular weight is 639 g/mol. The molecule has 0 radical (unpaired) electrons. The highest BCUT2D eigenvalue weighted by molar-refractivity contribution is 6.09. The Balaban J connectivity index is 1.01. The molecule has 0 saturated carbocycles. The quantitative estimate of drug-likeness (QED) is 0.188. The molecule has 4 aromatic heterocycles. The fourth-order valence-electron chi connectivity index (χ4n) is 7.45. The fourth-order valence-corrected chi connectivity index (χ4v) is 7.45. The monoisotopic (exact) mass is 638 g/mol. The molecule has 0 unspecified atom stereocenters. The van der Waals surface area contributed by atoms with E-state index < -0.39 is 0 Å². The Morgan fingerprint density at radius 2 is 0.680 bits per heavy atom. The van der Waals surface area contributed by atoms with E-state index in [9.17, 15) is 0 Å². The molecule has 0 aliphatic rings. The van der Waals surface area contributed by atoms with E-state index in [0.29, 0.717) is 0 Å². The molecular weight excluding hydrogens is 609 g/mol. The highest BCUT2D eigenvalue weighted by atomic mass is 15.0. The maximum atomic E-state index is 4.81. The number of benzene rings is 6. The second-order valence-electron chi connectivity index (χ2n) is 12.7. The molecule has 234 valence electrons. The number of fused-ring (bicyclic) bond motifs is 6. The molecule has 0 fully saturated rings. The molecule has 50 heavy (non-hydrogen) atoms. The summed E-state index contributed by atoms with van der Waals surface area (Å²) < 4.78 is 4.64. The smallest absolute Gasteiger partial charge is 0.0963 e. The van der Waals surface area contributed by atoms with Crippen LogP contribution in [0.3, 0.4) is 0 Å². The van der Waals surface area contributed by atoms with Crippen molar-refractivity contribution in [2.45, 2.75) is 0 Å². The number of pyridine rings is 2. The molecule has 4 heteroatoms. The Morgan fingerprint density at radius 3 is 1.10 bits per heavy atom. The van der Waals surface area contributed by atoms with Crippen LogP contribution < -0.4 is 0 Å². The minimum Gasteiger partial charge on any atom is -0.308 e. The summed E-state index contributed by atoms with van der Waals surface area (Å²) in [5.74, 6) is 0. The van der Waals surface area contributed by atoms with Gasteiger partial charge in [0, 0.05) is 34.5 Å². The summed E-state index contributed by atoms with van der Waals surface area (Å²) in [5.41, 5.74) is 15.9. The summed E-state index contributed by atoms with van der Waals surface area (Å²) in [4.78, 5) is 9.63. The van der Waals surface area contributed by atoms with Crippen molar-refractivity contribution in [3.05, 3.63) is 182 Å². The van der Waals surface area contributed by atoms with Gasteiger partial charge in [0.25, 0.3) is 0 Å². The van der Waals surface area contributed by atoms with E-state index >= 15 is 0 Å². The van der Waals surface area contributed by atoms with Crippen molar-refractivity contribution in [3.63, 3.8) is 0 Å². The third-order valence-corrected chi connectivity index (χ3v) is 9.84. The molecule has 0 amide bonds. The molecule has 4 heterocycles. The maximum absolute atomic E-state index is 4.81. The Morgan fingerprint density at radius 1 is 0.300 bits per heavy atom. The predicted molar refractivity (Wildman–Crippen MR) is 207 cm³/mol. The van der Waals surface area contributed by atoms with Gasteiger partial charge < -0.3 is 9.13 Å². The van der Waals surface area contributed by atoms with Gasteiger partial charge in [0.1, 0.15) is 0 Å². The lowest BCUT2D eigenvalue weighted by Gasteiger charge is -2.11. The molecule has 4 nitrogen and oxygen atoms in total. The van der Waals surface area contributed by atoms with E-state index in [1.165, 1.54) is 33.4 Å². The van der Waals surface area contributed by atoms with Crippen LogP contribution in [0.4, 0.5) is 0 Å². The Hall–Kier alpha value is -6.78. The third-order valence-electron chi connectivity index (χ3n) is 9.84. The first-order valence-corrected chi connectivity index (χ1v) is 16.9. The zero-order valence-corrected chi connectivity index (χ0v) is 27.1. The Kier molecular flexibility index (Phi) is 6.46. The van der Waals surface area contributed by atoms with Crippen LogP contribution in [0.2, 0.25) is 0 Å². The van der Waals surface area contributed by atoms with Crippen LogP contribution in [0.1, 0.15) is 0 Å². The molecule has 10 rings (SSSR count). The van der Waals surface area contributed by atoms with Gasteiger partial charge in [-0.25, -0.2) is 0 Å². The Labute approximate surface area is 289 Å². The largest absolute Gasteiger partial charge is 0.308 e. The van der Waals surface area contributed by atoms with Gasteiger partial charge in [-0.1, -0.05) is 97.1 Å².